The summed E-state index contributed by atoms with van der Waals surface area (Å²) in [6.45, 7) is 2.54. The van der Waals surface area contributed by atoms with Crippen LogP contribution < -0.4 is 5.32 Å². The summed E-state index contributed by atoms with van der Waals surface area (Å²) in [7, 11) is 0. The van der Waals surface area contributed by atoms with Crippen LogP contribution in [0.1, 0.15) is 18.7 Å². The predicted octanol–water partition coefficient (Wildman–Crippen LogP) is 1.50. The SMILES string of the molecule is Cc1nccc(NCC2(C#N)CC2)n1. The van der Waals surface area contributed by atoms with Crippen molar-refractivity contribution in [3.05, 3.63) is 18.1 Å². The van der Waals surface area contributed by atoms with E-state index in [1.165, 1.54) is 0 Å². The number of nitriles is 1. The largest absolute Gasteiger partial charge is 0.368 e. The van der Waals surface area contributed by atoms with Gasteiger partial charge in [0.25, 0.3) is 0 Å². The average molecular weight is 188 g/mol. The smallest absolute Gasteiger partial charge is 0.129 e. The summed E-state index contributed by atoms with van der Waals surface area (Å²) in [5.41, 5.74) is -0.126. The van der Waals surface area contributed by atoms with E-state index in [-0.39, 0.29) is 5.41 Å². The van der Waals surface area contributed by atoms with Crippen molar-refractivity contribution in [1.82, 2.24) is 9.97 Å². The maximum atomic E-state index is 8.87. The molecule has 0 saturated heterocycles. The first-order valence-electron chi connectivity index (χ1n) is 4.69. The Morgan fingerprint density at radius 1 is 1.64 bits per heavy atom. The van der Waals surface area contributed by atoms with Crippen LogP contribution in [0.2, 0.25) is 0 Å². The lowest BCUT2D eigenvalue weighted by atomic mass is 10.1. The van der Waals surface area contributed by atoms with Crippen LogP contribution in [-0.4, -0.2) is 16.5 Å². The van der Waals surface area contributed by atoms with Gasteiger partial charge in [0.15, 0.2) is 0 Å². The molecule has 0 bridgehead atoms. The normalized spacial score (nSPS) is 17.1. The molecule has 1 N–H and O–H groups in total. The van der Waals surface area contributed by atoms with Gasteiger partial charge in [-0.2, -0.15) is 5.26 Å². The zero-order chi connectivity index (χ0) is 10.0. The van der Waals surface area contributed by atoms with E-state index in [1.54, 1.807) is 6.20 Å². The monoisotopic (exact) mass is 188 g/mol. The van der Waals surface area contributed by atoms with Crippen LogP contribution in [0.5, 0.6) is 0 Å². The highest BCUT2D eigenvalue weighted by molar-refractivity contribution is 5.34. The van der Waals surface area contributed by atoms with Gasteiger partial charge in [-0.3, -0.25) is 0 Å². The molecule has 0 spiro atoms. The Kier molecular flexibility index (Phi) is 2.08. The van der Waals surface area contributed by atoms with Gasteiger partial charge in [0.1, 0.15) is 11.6 Å². The third-order valence-electron chi connectivity index (χ3n) is 2.47. The number of aryl methyl sites for hydroxylation is 1. The third-order valence-corrected chi connectivity index (χ3v) is 2.47. The zero-order valence-corrected chi connectivity index (χ0v) is 8.12. The van der Waals surface area contributed by atoms with Gasteiger partial charge in [0.05, 0.1) is 11.5 Å². The standard InChI is InChI=1S/C10H12N4/c1-8-12-5-2-9(14-8)13-7-10(6-11)3-4-10/h2,5H,3-4,7H2,1H3,(H,12,13,14). The topological polar surface area (TPSA) is 61.6 Å². The molecule has 1 aliphatic carbocycles. The molecule has 1 heterocycles. The van der Waals surface area contributed by atoms with Gasteiger partial charge in [-0.05, 0) is 25.8 Å². The molecular weight excluding hydrogens is 176 g/mol. The molecule has 1 aromatic rings. The van der Waals surface area contributed by atoms with Crippen molar-refractivity contribution in [2.75, 3.05) is 11.9 Å². The van der Waals surface area contributed by atoms with E-state index in [1.807, 2.05) is 13.0 Å². The minimum absolute atomic E-state index is 0.126. The summed E-state index contributed by atoms with van der Waals surface area (Å²) in [6.07, 6.45) is 3.72. The molecule has 0 amide bonds. The number of aromatic nitrogens is 2. The predicted molar refractivity (Wildman–Crippen MR) is 52.5 cm³/mol. The van der Waals surface area contributed by atoms with Crippen molar-refractivity contribution in [1.29, 1.82) is 5.26 Å². The van der Waals surface area contributed by atoms with Crippen molar-refractivity contribution in [3.8, 4) is 6.07 Å². The van der Waals surface area contributed by atoms with Crippen molar-refractivity contribution in [2.24, 2.45) is 5.41 Å². The van der Waals surface area contributed by atoms with Crippen LogP contribution in [-0.2, 0) is 0 Å². The molecule has 4 nitrogen and oxygen atoms in total. The van der Waals surface area contributed by atoms with Crippen molar-refractivity contribution in [2.45, 2.75) is 19.8 Å². The molecule has 1 aromatic heterocycles. The summed E-state index contributed by atoms with van der Waals surface area (Å²) in [5.74, 6) is 1.55. The molecule has 1 saturated carbocycles. The van der Waals surface area contributed by atoms with E-state index in [0.29, 0.717) is 6.54 Å². The molecule has 1 fully saturated rings. The van der Waals surface area contributed by atoms with Crippen LogP contribution in [0.15, 0.2) is 12.3 Å². The lowest BCUT2D eigenvalue weighted by Gasteiger charge is -2.08. The van der Waals surface area contributed by atoms with Crippen LogP contribution in [0.25, 0.3) is 0 Å². The minimum atomic E-state index is -0.126. The first-order valence-corrected chi connectivity index (χ1v) is 4.69. The van der Waals surface area contributed by atoms with Crippen molar-refractivity contribution >= 4 is 5.82 Å². The van der Waals surface area contributed by atoms with Gasteiger partial charge in [0, 0.05) is 12.7 Å². The van der Waals surface area contributed by atoms with E-state index in [2.05, 4.69) is 21.4 Å². The fraction of sp³-hybridized carbons (Fsp3) is 0.500. The second kappa shape index (κ2) is 3.26. The van der Waals surface area contributed by atoms with Gasteiger partial charge in [-0.1, -0.05) is 0 Å². The van der Waals surface area contributed by atoms with E-state index in [4.69, 9.17) is 5.26 Å². The second-order valence-electron chi connectivity index (χ2n) is 3.73. The molecule has 14 heavy (non-hydrogen) atoms. The fourth-order valence-electron chi connectivity index (χ4n) is 1.29. The van der Waals surface area contributed by atoms with Crippen LogP contribution in [0.3, 0.4) is 0 Å². The fourth-order valence-corrected chi connectivity index (χ4v) is 1.29. The molecule has 4 heteroatoms. The van der Waals surface area contributed by atoms with E-state index in [0.717, 1.165) is 24.5 Å². The Morgan fingerprint density at radius 2 is 2.43 bits per heavy atom. The van der Waals surface area contributed by atoms with Gasteiger partial charge >= 0.3 is 0 Å². The summed E-state index contributed by atoms with van der Waals surface area (Å²) in [6, 6.07) is 4.15. The summed E-state index contributed by atoms with van der Waals surface area (Å²) < 4.78 is 0. The quantitative estimate of drug-likeness (QED) is 0.780. The van der Waals surface area contributed by atoms with Crippen LogP contribution in [0, 0.1) is 23.7 Å². The van der Waals surface area contributed by atoms with E-state index in [9.17, 15) is 0 Å². The first-order chi connectivity index (χ1) is 6.74. The Morgan fingerprint density at radius 3 is 3.00 bits per heavy atom. The molecule has 72 valence electrons. The highest BCUT2D eigenvalue weighted by Crippen LogP contribution is 2.44. The number of hydrogen-bond donors (Lipinski definition) is 1. The van der Waals surface area contributed by atoms with Crippen LogP contribution in [0.4, 0.5) is 5.82 Å². The van der Waals surface area contributed by atoms with E-state index >= 15 is 0 Å². The maximum Gasteiger partial charge on any atom is 0.129 e. The Balaban J connectivity index is 1.96. The lowest BCUT2D eigenvalue weighted by Crippen LogP contribution is -2.14. The van der Waals surface area contributed by atoms with Crippen molar-refractivity contribution < 1.29 is 0 Å². The number of hydrogen-bond acceptors (Lipinski definition) is 4. The molecule has 1 aliphatic rings. The Labute approximate surface area is 83.0 Å². The second-order valence-corrected chi connectivity index (χ2v) is 3.73. The first kappa shape index (κ1) is 8.95. The molecule has 2 rings (SSSR count). The third kappa shape index (κ3) is 1.82. The highest BCUT2D eigenvalue weighted by Gasteiger charge is 2.42. The zero-order valence-electron chi connectivity index (χ0n) is 8.12. The van der Waals surface area contributed by atoms with Gasteiger partial charge in [0.2, 0.25) is 0 Å². The molecule has 0 radical (unpaired) electrons. The Bertz CT molecular complexity index is 376. The summed E-state index contributed by atoms with van der Waals surface area (Å²) in [5, 5.41) is 12.0. The summed E-state index contributed by atoms with van der Waals surface area (Å²) in [4.78, 5) is 8.21. The van der Waals surface area contributed by atoms with Gasteiger partial charge < -0.3 is 5.32 Å². The van der Waals surface area contributed by atoms with Gasteiger partial charge in [-0.25, -0.2) is 9.97 Å². The number of rotatable bonds is 3. The molecule has 0 unspecified atom stereocenters. The highest BCUT2D eigenvalue weighted by atomic mass is 15.0. The maximum absolute atomic E-state index is 8.87. The molecule has 0 aliphatic heterocycles. The number of anilines is 1. The average Bonchev–Trinajstić information content (AvgIpc) is 2.96. The summed E-state index contributed by atoms with van der Waals surface area (Å²) >= 11 is 0. The molecule has 0 aromatic carbocycles. The number of nitrogens with zero attached hydrogens (tertiary/aromatic N) is 3. The Hall–Kier alpha value is -1.63. The van der Waals surface area contributed by atoms with Gasteiger partial charge in [-0.15, -0.1) is 0 Å². The molecular formula is C10H12N4. The van der Waals surface area contributed by atoms with E-state index < -0.39 is 0 Å². The van der Waals surface area contributed by atoms with Crippen LogP contribution >= 0.6 is 0 Å². The number of nitrogens with one attached hydrogen (secondary N) is 1. The lowest BCUT2D eigenvalue weighted by molar-refractivity contribution is 0.708. The minimum Gasteiger partial charge on any atom is -0.368 e. The van der Waals surface area contributed by atoms with Crippen molar-refractivity contribution in [3.63, 3.8) is 0 Å². The molecule has 0 atom stereocenters.